The van der Waals surface area contributed by atoms with Gasteiger partial charge in [-0.15, -0.1) is 12.4 Å². The second-order valence-electron chi connectivity index (χ2n) is 2.46. The van der Waals surface area contributed by atoms with Crippen molar-refractivity contribution in [2.45, 2.75) is 13.8 Å². The van der Waals surface area contributed by atoms with E-state index in [4.69, 9.17) is 5.73 Å². The molecule has 0 saturated carbocycles. The molecular formula is C8H11ClFN. The van der Waals surface area contributed by atoms with Crippen molar-refractivity contribution < 1.29 is 4.39 Å². The zero-order valence-electron chi connectivity index (χ0n) is 6.52. The predicted octanol–water partition coefficient (Wildman–Crippen LogP) is 2.45. The Morgan fingerprint density at radius 3 is 2.27 bits per heavy atom. The van der Waals surface area contributed by atoms with Crippen LogP contribution in [0.25, 0.3) is 0 Å². The average molecular weight is 176 g/mol. The molecule has 0 aliphatic carbocycles. The van der Waals surface area contributed by atoms with Crippen molar-refractivity contribution in [2.75, 3.05) is 5.73 Å². The predicted molar refractivity (Wildman–Crippen MR) is 47.5 cm³/mol. The molecular weight excluding hydrogens is 165 g/mol. The van der Waals surface area contributed by atoms with E-state index in [0.29, 0.717) is 11.3 Å². The van der Waals surface area contributed by atoms with E-state index in [1.807, 2.05) is 6.92 Å². The number of aryl methyl sites for hydroxylation is 1. The monoisotopic (exact) mass is 175 g/mol. The fourth-order valence-corrected chi connectivity index (χ4v) is 0.841. The molecule has 0 saturated heterocycles. The fraction of sp³-hybridized carbons (Fsp3) is 0.250. The number of benzene rings is 1. The van der Waals surface area contributed by atoms with Gasteiger partial charge in [-0.3, -0.25) is 0 Å². The van der Waals surface area contributed by atoms with E-state index in [0.717, 1.165) is 5.56 Å². The Morgan fingerprint density at radius 1 is 1.27 bits per heavy atom. The summed E-state index contributed by atoms with van der Waals surface area (Å²) >= 11 is 0. The molecule has 1 aromatic carbocycles. The molecule has 3 heteroatoms. The minimum atomic E-state index is -0.225. The third-order valence-electron chi connectivity index (χ3n) is 1.53. The molecule has 1 rings (SSSR count). The lowest BCUT2D eigenvalue weighted by Crippen LogP contribution is -1.93. The maximum absolute atomic E-state index is 12.8. The van der Waals surface area contributed by atoms with Crippen molar-refractivity contribution in [2.24, 2.45) is 0 Å². The zero-order valence-corrected chi connectivity index (χ0v) is 7.33. The molecule has 0 unspecified atom stereocenters. The van der Waals surface area contributed by atoms with Gasteiger partial charge >= 0.3 is 0 Å². The van der Waals surface area contributed by atoms with Crippen molar-refractivity contribution in [1.82, 2.24) is 0 Å². The van der Waals surface area contributed by atoms with Crippen LogP contribution in [0.1, 0.15) is 11.1 Å². The number of hydrogen-bond donors (Lipinski definition) is 1. The highest BCUT2D eigenvalue weighted by atomic mass is 35.5. The zero-order chi connectivity index (χ0) is 7.72. The van der Waals surface area contributed by atoms with Crippen LogP contribution in [0, 0.1) is 19.7 Å². The van der Waals surface area contributed by atoms with Gasteiger partial charge in [-0.1, -0.05) is 0 Å². The quantitative estimate of drug-likeness (QED) is 0.603. The van der Waals surface area contributed by atoms with Gasteiger partial charge in [-0.2, -0.15) is 0 Å². The van der Waals surface area contributed by atoms with E-state index in [9.17, 15) is 4.39 Å². The van der Waals surface area contributed by atoms with Crippen LogP contribution >= 0.6 is 12.4 Å². The minimum Gasteiger partial charge on any atom is -0.398 e. The molecule has 0 aliphatic rings. The maximum Gasteiger partial charge on any atom is 0.128 e. The van der Waals surface area contributed by atoms with Gasteiger partial charge in [0.1, 0.15) is 5.82 Å². The van der Waals surface area contributed by atoms with Gasteiger partial charge in [0, 0.05) is 11.3 Å². The van der Waals surface area contributed by atoms with Gasteiger partial charge in [-0.25, -0.2) is 4.39 Å². The molecule has 0 radical (unpaired) electrons. The molecule has 0 fully saturated rings. The second-order valence-corrected chi connectivity index (χ2v) is 2.46. The van der Waals surface area contributed by atoms with Gasteiger partial charge in [-0.05, 0) is 31.5 Å². The van der Waals surface area contributed by atoms with Crippen LogP contribution < -0.4 is 5.73 Å². The van der Waals surface area contributed by atoms with Gasteiger partial charge in [0.15, 0.2) is 0 Å². The summed E-state index contributed by atoms with van der Waals surface area (Å²) in [5.74, 6) is -0.225. The largest absolute Gasteiger partial charge is 0.398 e. The average Bonchev–Trinajstić information content (AvgIpc) is 1.82. The molecule has 0 amide bonds. The molecule has 62 valence electrons. The Balaban J connectivity index is 0.000001000. The summed E-state index contributed by atoms with van der Waals surface area (Å²) in [6.07, 6.45) is 0. The Kier molecular flexibility index (Phi) is 3.33. The summed E-state index contributed by atoms with van der Waals surface area (Å²) in [6, 6.07) is 3.24. The third-order valence-corrected chi connectivity index (χ3v) is 1.53. The van der Waals surface area contributed by atoms with Gasteiger partial charge < -0.3 is 5.73 Å². The van der Waals surface area contributed by atoms with E-state index in [-0.39, 0.29) is 18.2 Å². The Labute approximate surface area is 71.8 Å². The number of anilines is 1. The highest BCUT2D eigenvalue weighted by molar-refractivity contribution is 5.85. The maximum atomic E-state index is 12.8. The third kappa shape index (κ3) is 2.09. The lowest BCUT2D eigenvalue weighted by molar-refractivity contribution is 0.618. The number of nitrogen functional groups attached to an aromatic ring is 1. The molecule has 2 N–H and O–H groups in total. The van der Waals surface area contributed by atoms with E-state index < -0.39 is 0 Å². The summed E-state index contributed by atoms with van der Waals surface area (Å²) in [4.78, 5) is 0. The Morgan fingerprint density at radius 2 is 1.82 bits per heavy atom. The first-order valence-electron chi connectivity index (χ1n) is 3.13. The second kappa shape index (κ2) is 3.58. The first-order chi connectivity index (χ1) is 4.61. The highest BCUT2D eigenvalue weighted by Gasteiger charge is 2.00. The van der Waals surface area contributed by atoms with Crippen LogP contribution in [0.15, 0.2) is 12.1 Å². The highest BCUT2D eigenvalue weighted by Crippen LogP contribution is 2.16. The van der Waals surface area contributed by atoms with Crippen LogP contribution in [0.5, 0.6) is 0 Å². The molecule has 0 atom stereocenters. The van der Waals surface area contributed by atoms with Crippen molar-refractivity contribution in [3.63, 3.8) is 0 Å². The van der Waals surface area contributed by atoms with E-state index in [1.165, 1.54) is 6.07 Å². The van der Waals surface area contributed by atoms with E-state index >= 15 is 0 Å². The summed E-state index contributed by atoms with van der Waals surface area (Å²) < 4.78 is 12.8. The lowest BCUT2D eigenvalue weighted by Gasteiger charge is -2.01. The van der Waals surface area contributed by atoms with Crippen LogP contribution in [-0.2, 0) is 0 Å². The summed E-state index contributed by atoms with van der Waals surface area (Å²) in [6.45, 7) is 3.49. The topological polar surface area (TPSA) is 26.0 Å². The van der Waals surface area contributed by atoms with Crippen molar-refractivity contribution in [3.8, 4) is 0 Å². The lowest BCUT2D eigenvalue weighted by atomic mass is 10.1. The molecule has 0 heterocycles. The number of rotatable bonds is 0. The minimum absolute atomic E-state index is 0. The van der Waals surface area contributed by atoms with Gasteiger partial charge in [0.2, 0.25) is 0 Å². The van der Waals surface area contributed by atoms with Crippen LogP contribution in [0.3, 0.4) is 0 Å². The number of hydrogen-bond acceptors (Lipinski definition) is 1. The molecule has 1 aromatic rings. The molecule has 0 aliphatic heterocycles. The van der Waals surface area contributed by atoms with Crippen molar-refractivity contribution in [1.29, 1.82) is 0 Å². The molecule has 0 spiro atoms. The standard InChI is InChI=1S/C8H10FN.ClH/c1-5-3-7(9)6(2)8(10)4-5;/h3-4H,10H2,1-2H3;1H. The Hall–Kier alpha value is -0.760. The molecule has 0 aromatic heterocycles. The van der Waals surface area contributed by atoms with Crippen LogP contribution in [-0.4, -0.2) is 0 Å². The van der Waals surface area contributed by atoms with Crippen LogP contribution in [0.4, 0.5) is 10.1 Å². The normalized spacial score (nSPS) is 9.00. The molecule has 1 nitrogen and oxygen atoms in total. The van der Waals surface area contributed by atoms with E-state index in [1.54, 1.807) is 13.0 Å². The molecule has 0 bridgehead atoms. The summed E-state index contributed by atoms with van der Waals surface area (Å²) in [7, 11) is 0. The number of nitrogens with two attached hydrogens (primary N) is 1. The summed E-state index contributed by atoms with van der Waals surface area (Å²) in [5.41, 5.74) is 7.40. The van der Waals surface area contributed by atoms with Crippen LogP contribution in [0.2, 0.25) is 0 Å². The van der Waals surface area contributed by atoms with Crippen molar-refractivity contribution in [3.05, 3.63) is 29.1 Å². The summed E-state index contributed by atoms with van der Waals surface area (Å²) in [5, 5.41) is 0. The van der Waals surface area contributed by atoms with Gasteiger partial charge in [0.25, 0.3) is 0 Å². The van der Waals surface area contributed by atoms with E-state index in [2.05, 4.69) is 0 Å². The SMILES string of the molecule is Cc1cc(N)c(C)c(F)c1.Cl. The molecule has 11 heavy (non-hydrogen) atoms. The first-order valence-corrected chi connectivity index (χ1v) is 3.13. The van der Waals surface area contributed by atoms with Gasteiger partial charge in [0.05, 0.1) is 0 Å². The fourth-order valence-electron chi connectivity index (χ4n) is 0.841. The first kappa shape index (κ1) is 10.2. The Bertz CT molecular complexity index is 237. The smallest absolute Gasteiger partial charge is 0.128 e. The van der Waals surface area contributed by atoms with Crippen molar-refractivity contribution >= 4 is 18.1 Å². The number of halogens is 2.